The van der Waals surface area contributed by atoms with E-state index in [2.05, 4.69) is 30.0 Å². The van der Waals surface area contributed by atoms with E-state index in [1.165, 1.54) is 12.1 Å². The summed E-state index contributed by atoms with van der Waals surface area (Å²) in [6.07, 6.45) is 4.94. The third kappa shape index (κ3) is 5.36. The van der Waals surface area contributed by atoms with Crippen LogP contribution in [0.1, 0.15) is 0 Å². The number of aliphatic hydroxyl groups excluding tert-OH is 1. The van der Waals surface area contributed by atoms with Crippen LogP contribution < -0.4 is 10.0 Å². The van der Waals surface area contributed by atoms with Crippen LogP contribution in [-0.4, -0.2) is 46.6 Å². The van der Waals surface area contributed by atoms with Gasteiger partial charge in [0.1, 0.15) is 0 Å². The Labute approximate surface area is 218 Å². The molecule has 186 valence electrons. The summed E-state index contributed by atoms with van der Waals surface area (Å²) in [5.74, 6) is 0.395. The van der Waals surface area contributed by atoms with Gasteiger partial charge in [-0.3, -0.25) is 9.71 Å². The molecule has 2 aromatic carbocycles. The van der Waals surface area contributed by atoms with E-state index >= 15 is 0 Å². The van der Waals surface area contributed by atoms with E-state index in [9.17, 15) is 13.5 Å². The summed E-state index contributed by atoms with van der Waals surface area (Å²) >= 11 is 6.25. The smallest absolute Gasteiger partial charge is 0.261 e. The molecule has 0 radical (unpaired) electrons. The SMILES string of the molecule is O=S(=O)(Nc1cc(-c2ccc3nc(NCCO)nc(-c4ccncc4)c3c2)cnc1Cl)c1ccccc1. The van der Waals surface area contributed by atoms with Gasteiger partial charge in [-0.05, 0) is 48.0 Å². The van der Waals surface area contributed by atoms with Gasteiger partial charge in [0, 0.05) is 41.6 Å². The molecule has 0 amide bonds. The first-order valence-corrected chi connectivity index (χ1v) is 13.1. The molecule has 0 spiro atoms. The number of nitrogens with one attached hydrogen (secondary N) is 2. The molecule has 3 aromatic heterocycles. The molecule has 0 unspecified atom stereocenters. The number of fused-ring (bicyclic) bond motifs is 1. The predicted molar refractivity (Wildman–Crippen MR) is 144 cm³/mol. The lowest BCUT2D eigenvalue weighted by molar-refractivity contribution is 0.311. The zero-order valence-electron chi connectivity index (χ0n) is 19.3. The fourth-order valence-electron chi connectivity index (χ4n) is 3.77. The number of aliphatic hydroxyl groups is 1. The number of pyridine rings is 2. The molecule has 0 aliphatic heterocycles. The van der Waals surface area contributed by atoms with E-state index in [4.69, 9.17) is 11.6 Å². The van der Waals surface area contributed by atoms with Crippen LogP contribution in [0.25, 0.3) is 33.3 Å². The molecule has 0 fully saturated rings. The van der Waals surface area contributed by atoms with Crippen LogP contribution in [0.4, 0.5) is 11.6 Å². The Kier molecular flexibility index (Phi) is 6.95. The van der Waals surface area contributed by atoms with Crippen molar-refractivity contribution in [2.24, 2.45) is 0 Å². The highest BCUT2D eigenvalue weighted by Gasteiger charge is 2.17. The first kappa shape index (κ1) is 24.6. The summed E-state index contributed by atoms with van der Waals surface area (Å²) in [4.78, 5) is 17.7. The van der Waals surface area contributed by atoms with Gasteiger partial charge in [-0.2, -0.15) is 0 Å². The van der Waals surface area contributed by atoms with Crippen molar-refractivity contribution >= 4 is 44.2 Å². The van der Waals surface area contributed by atoms with Crippen LogP contribution in [-0.2, 0) is 10.0 Å². The molecular weight excluding hydrogens is 512 g/mol. The molecule has 0 bridgehead atoms. The third-order valence-corrected chi connectivity index (χ3v) is 7.20. The second-order valence-corrected chi connectivity index (χ2v) is 10.0. The number of hydrogen-bond acceptors (Lipinski definition) is 8. The first-order chi connectivity index (χ1) is 17.9. The molecule has 0 aliphatic carbocycles. The number of aromatic nitrogens is 4. The van der Waals surface area contributed by atoms with Crippen LogP contribution >= 0.6 is 11.6 Å². The largest absolute Gasteiger partial charge is 0.395 e. The molecule has 3 N–H and O–H groups in total. The Bertz CT molecular complexity index is 1670. The van der Waals surface area contributed by atoms with Gasteiger partial charge >= 0.3 is 0 Å². The minimum absolute atomic E-state index is 0.0319. The molecule has 0 atom stereocenters. The Morgan fingerprint density at radius 2 is 1.68 bits per heavy atom. The molecule has 3 heterocycles. The summed E-state index contributed by atoms with van der Waals surface area (Å²) in [7, 11) is -3.85. The maximum absolute atomic E-state index is 12.8. The van der Waals surface area contributed by atoms with Gasteiger partial charge in [-0.15, -0.1) is 0 Å². The van der Waals surface area contributed by atoms with Crippen LogP contribution in [0, 0.1) is 0 Å². The topological polar surface area (TPSA) is 130 Å². The summed E-state index contributed by atoms with van der Waals surface area (Å²) in [5.41, 5.74) is 3.81. The highest BCUT2D eigenvalue weighted by molar-refractivity contribution is 7.92. The number of anilines is 2. The summed E-state index contributed by atoms with van der Waals surface area (Å²) in [6.45, 7) is 0.266. The van der Waals surface area contributed by atoms with Gasteiger partial charge in [-0.1, -0.05) is 35.9 Å². The van der Waals surface area contributed by atoms with Crippen LogP contribution in [0.15, 0.2) is 90.2 Å². The van der Waals surface area contributed by atoms with Crippen molar-refractivity contribution in [1.82, 2.24) is 19.9 Å². The number of sulfonamides is 1. The van der Waals surface area contributed by atoms with Gasteiger partial charge in [0.25, 0.3) is 10.0 Å². The monoisotopic (exact) mass is 532 g/mol. The molecule has 11 heteroatoms. The Morgan fingerprint density at radius 1 is 0.892 bits per heavy atom. The number of benzene rings is 2. The van der Waals surface area contributed by atoms with Crippen molar-refractivity contribution < 1.29 is 13.5 Å². The standard InChI is InChI=1S/C26H21ClN6O3S/c27-25-23(33-37(35,36)20-4-2-1-3-5-20)15-19(16-30-25)18-6-7-22-21(14-18)24(17-8-10-28-11-9-17)32-26(31-22)29-12-13-34/h1-11,14-16,33-34H,12-13H2,(H,29,31,32). The lowest BCUT2D eigenvalue weighted by Gasteiger charge is -2.13. The molecule has 5 rings (SSSR count). The zero-order chi connectivity index (χ0) is 25.8. The van der Waals surface area contributed by atoms with Crippen molar-refractivity contribution in [3.8, 4) is 22.4 Å². The number of rotatable bonds is 8. The van der Waals surface area contributed by atoms with E-state index in [1.54, 1.807) is 42.9 Å². The molecule has 37 heavy (non-hydrogen) atoms. The van der Waals surface area contributed by atoms with E-state index in [1.807, 2.05) is 30.3 Å². The minimum atomic E-state index is -3.85. The maximum Gasteiger partial charge on any atom is 0.261 e. The van der Waals surface area contributed by atoms with Crippen LogP contribution in [0.3, 0.4) is 0 Å². The molecule has 0 aliphatic rings. The predicted octanol–water partition coefficient (Wildman–Crippen LogP) is 4.61. The van der Waals surface area contributed by atoms with Crippen molar-refractivity contribution in [3.05, 3.63) is 90.5 Å². The number of hydrogen-bond donors (Lipinski definition) is 3. The van der Waals surface area contributed by atoms with E-state index < -0.39 is 10.0 Å². The highest BCUT2D eigenvalue weighted by Crippen LogP contribution is 2.33. The van der Waals surface area contributed by atoms with E-state index in [-0.39, 0.29) is 22.3 Å². The Morgan fingerprint density at radius 3 is 2.43 bits per heavy atom. The molecule has 5 aromatic rings. The molecular formula is C26H21ClN6O3S. The van der Waals surface area contributed by atoms with Crippen molar-refractivity contribution in [3.63, 3.8) is 0 Å². The molecule has 0 saturated carbocycles. The van der Waals surface area contributed by atoms with Crippen molar-refractivity contribution in [1.29, 1.82) is 0 Å². The lowest BCUT2D eigenvalue weighted by atomic mass is 10.0. The van der Waals surface area contributed by atoms with E-state index in [0.29, 0.717) is 29.3 Å². The zero-order valence-corrected chi connectivity index (χ0v) is 20.9. The normalized spacial score (nSPS) is 11.4. The number of halogens is 1. The highest BCUT2D eigenvalue weighted by atomic mass is 35.5. The third-order valence-electron chi connectivity index (χ3n) is 5.51. The minimum Gasteiger partial charge on any atom is -0.395 e. The van der Waals surface area contributed by atoms with Crippen LogP contribution in [0.5, 0.6) is 0 Å². The lowest BCUT2D eigenvalue weighted by Crippen LogP contribution is -2.13. The quantitative estimate of drug-likeness (QED) is 0.247. The second-order valence-electron chi connectivity index (χ2n) is 7.99. The molecule has 9 nitrogen and oxygen atoms in total. The molecule has 0 saturated heterocycles. The van der Waals surface area contributed by atoms with Gasteiger partial charge in [0.2, 0.25) is 5.95 Å². The second kappa shape index (κ2) is 10.5. The summed E-state index contributed by atoms with van der Waals surface area (Å²) in [6, 6.07) is 19.0. The van der Waals surface area contributed by atoms with Gasteiger partial charge in [-0.25, -0.2) is 23.4 Å². The fourth-order valence-corrected chi connectivity index (χ4v) is 5.05. The van der Waals surface area contributed by atoms with Crippen molar-refractivity contribution in [2.45, 2.75) is 4.90 Å². The summed E-state index contributed by atoms with van der Waals surface area (Å²) in [5, 5.41) is 13.0. The van der Waals surface area contributed by atoms with Gasteiger partial charge in [0.05, 0.1) is 28.4 Å². The van der Waals surface area contributed by atoms with Gasteiger partial charge in [0.15, 0.2) is 5.15 Å². The van der Waals surface area contributed by atoms with E-state index in [0.717, 1.165) is 16.5 Å². The summed E-state index contributed by atoms with van der Waals surface area (Å²) < 4.78 is 28.2. The Hall–Kier alpha value is -4.12. The average molecular weight is 533 g/mol. The maximum atomic E-state index is 12.8. The fraction of sp³-hybridized carbons (Fsp3) is 0.0769. The van der Waals surface area contributed by atoms with Crippen molar-refractivity contribution in [2.75, 3.05) is 23.2 Å². The first-order valence-electron chi connectivity index (χ1n) is 11.3. The van der Waals surface area contributed by atoms with Crippen LogP contribution in [0.2, 0.25) is 5.15 Å². The Balaban J connectivity index is 1.58. The number of nitrogens with zero attached hydrogens (tertiary/aromatic N) is 4. The van der Waals surface area contributed by atoms with Gasteiger partial charge < -0.3 is 10.4 Å². The average Bonchev–Trinajstić information content (AvgIpc) is 2.93.